The van der Waals surface area contributed by atoms with E-state index in [-0.39, 0.29) is 12.7 Å². The quantitative estimate of drug-likeness (QED) is 0.567. The summed E-state index contributed by atoms with van der Waals surface area (Å²) >= 11 is 0. The molecular formula is C8H14O5. The molecule has 2 heterocycles. The third kappa shape index (κ3) is 1.47. The molecule has 13 heavy (non-hydrogen) atoms. The Bertz CT molecular complexity index is 205. The minimum absolute atomic E-state index is 0.169. The number of hydrogen-bond acceptors (Lipinski definition) is 5. The van der Waals surface area contributed by atoms with Gasteiger partial charge in [-0.15, -0.1) is 0 Å². The Labute approximate surface area is 76.2 Å². The summed E-state index contributed by atoms with van der Waals surface area (Å²) in [4.78, 5) is 0. The molecule has 0 aromatic carbocycles. The molecule has 2 fully saturated rings. The topological polar surface area (TPSA) is 68.2 Å². The summed E-state index contributed by atoms with van der Waals surface area (Å²) in [5.74, 6) is -0.701. The van der Waals surface area contributed by atoms with Crippen molar-refractivity contribution in [2.24, 2.45) is 0 Å². The van der Waals surface area contributed by atoms with Crippen LogP contribution in [0, 0.1) is 0 Å². The molecule has 2 saturated heterocycles. The first-order valence-corrected chi connectivity index (χ1v) is 4.33. The molecule has 0 spiro atoms. The highest BCUT2D eigenvalue weighted by Crippen LogP contribution is 2.37. The molecule has 5 nitrogen and oxygen atoms in total. The molecule has 0 amide bonds. The van der Waals surface area contributed by atoms with Crippen molar-refractivity contribution >= 4 is 0 Å². The van der Waals surface area contributed by atoms with Gasteiger partial charge >= 0.3 is 0 Å². The summed E-state index contributed by atoms with van der Waals surface area (Å²) in [6, 6.07) is 0. The molecule has 2 aliphatic heterocycles. The fourth-order valence-corrected chi connectivity index (χ4v) is 1.81. The molecule has 0 saturated carbocycles. The van der Waals surface area contributed by atoms with Crippen LogP contribution in [0.4, 0.5) is 0 Å². The first kappa shape index (κ1) is 9.36. The van der Waals surface area contributed by atoms with Crippen LogP contribution in [0.3, 0.4) is 0 Å². The first-order chi connectivity index (χ1) is 6.03. The molecule has 0 radical (unpaired) electrons. The van der Waals surface area contributed by atoms with Gasteiger partial charge in [0.15, 0.2) is 12.1 Å². The average Bonchev–Trinajstić information content (AvgIpc) is 2.47. The smallest absolute Gasteiger partial charge is 0.184 e. The van der Waals surface area contributed by atoms with Crippen LogP contribution in [0.2, 0.25) is 0 Å². The van der Waals surface area contributed by atoms with Crippen molar-refractivity contribution in [2.75, 3.05) is 6.61 Å². The predicted octanol–water partition coefficient (Wildman–Crippen LogP) is -0.784. The van der Waals surface area contributed by atoms with E-state index in [0.717, 1.165) is 0 Å². The number of aliphatic hydroxyl groups excluding tert-OH is 2. The Hall–Kier alpha value is -0.200. The lowest BCUT2D eigenvalue weighted by Gasteiger charge is -2.21. The molecule has 0 bridgehead atoms. The zero-order chi connectivity index (χ0) is 9.64. The largest absolute Gasteiger partial charge is 0.394 e. The Morgan fingerprint density at radius 1 is 1.23 bits per heavy atom. The molecule has 1 unspecified atom stereocenters. The van der Waals surface area contributed by atoms with Crippen molar-refractivity contribution in [3.05, 3.63) is 0 Å². The zero-order valence-corrected chi connectivity index (χ0v) is 7.64. The van der Waals surface area contributed by atoms with E-state index in [1.165, 1.54) is 0 Å². The fourth-order valence-electron chi connectivity index (χ4n) is 1.81. The van der Waals surface area contributed by atoms with Crippen LogP contribution in [0.1, 0.15) is 13.8 Å². The van der Waals surface area contributed by atoms with Gasteiger partial charge in [0.25, 0.3) is 0 Å². The van der Waals surface area contributed by atoms with E-state index < -0.39 is 24.3 Å². The van der Waals surface area contributed by atoms with Crippen LogP contribution in [0.15, 0.2) is 0 Å². The molecule has 0 aromatic heterocycles. The maximum atomic E-state index is 9.39. The van der Waals surface area contributed by atoms with E-state index in [2.05, 4.69) is 0 Å². The third-order valence-electron chi connectivity index (χ3n) is 2.31. The molecule has 0 aliphatic carbocycles. The summed E-state index contributed by atoms with van der Waals surface area (Å²) in [6.45, 7) is 3.37. The fraction of sp³-hybridized carbons (Fsp3) is 1.00. The van der Waals surface area contributed by atoms with Crippen molar-refractivity contribution in [3.8, 4) is 0 Å². The van der Waals surface area contributed by atoms with E-state index in [1.807, 2.05) is 0 Å². The lowest BCUT2D eigenvalue weighted by Crippen LogP contribution is -2.31. The van der Waals surface area contributed by atoms with Gasteiger partial charge in [0.2, 0.25) is 0 Å². The van der Waals surface area contributed by atoms with Crippen LogP contribution >= 0.6 is 0 Å². The van der Waals surface area contributed by atoms with Crippen molar-refractivity contribution in [3.63, 3.8) is 0 Å². The standard InChI is InChI=1S/C8H14O5/c1-8(2)12-5-4(3-9)11-7(10)6(5)13-8/h4-7,9-10H,3H2,1-2H3/t4-,5+,6+,7?/m1/s1. The summed E-state index contributed by atoms with van der Waals surface area (Å²) < 4.78 is 15.9. The van der Waals surface area contributed by atoms with E-state index in [4.69, 9.17) is 19.3 Å². The second-order valence-electron chi connectivity index (χ2n) is 3.81. The summed E-state index contributed by atoms with van der Waals surface area (Å²) in [5.41, 5.74) is 0. The van der Waals surface area contributed by atoms with Gasteiger partial charge in [0.05, 0.1) is 6.61 Å². The maximum absolute atomic E-state index is 9.39. The normalized spacial score (nSPS) is 48.0. The molecule has 2 N–H and O–H groups in total. The van der Waals surface area contributed by atoms with Crippen molar-refractivity contribution in [1.29, 1.82) is 0 Å². The van der Waals surface area contributed by atoms with Crippen LogP contribution in [0.25, 0.3) is 0 Å². The SMILES string of the molecule is CC1(C)O[C@@H]2[C@H](O1)C(O)O[C@@H]2CO. The highest BCUT2D eigenvalue weighted by molar-refractivity contribution is 4.94. The monoisotopic (exact) mass is 190 g/mol. The van der Waals surface area contributed by atoms with Gasteiger partial charge in [0.1, 0.15) is 18.3 Å². The predicted molar refractivity (Wildman–Crippen MR) is 41.8 cm³/mol. The number of ether oxygens (including phenoxy) is 3. The summed E-state index contributed by atoms with van der Waals surface area (Å²) in [6.07, 6.45) is -2.33. The van der Waals surface area contributed by atoms with Crippen molar-refractivity contribution in [2.45, 2.75) is 44.2 Å². The average molecular weight is 190 g/mol. The van der Waals surface area contributed by atoms with Gasteiger partial charge in [-0.3, -0.25) is 0 Å². The van der Waals surface area contributed by atoms with Gasteiger partial charge in [-0.05, 0) is 13.8 Å². The maximum Gasteiger partial charge on any atom is 0.184 e. The highest BCUT2D eigenvalue weighted by atomic mass is 16.8. The zero-order valence-electron chi connectivity index (χ0n) is 7.64. The minimum Gasteiger partial charge on any atom is -0.394 e. The molecule has 2 aliphatic rings. The molecule has 76 valence electrons. The first-order valence-electron chi connectivity index (χ1n) is 4.33. The molecule has 2 rings (SSSR count). The van der Waals surface area contributed by atoms with E-state index >= 15 is 0 Å². The summed E-state index contributed by atoms with van der Waals surface area (Å²) in [5, 5.41) is 18.3. The second kappa shape index (κ2) is 2.90. The van der Waals surface area contributed by atoms with Crippen LogP contribution in [-0.2, 0) is 14.2 Å². The molecule has 5 heteroatoms. The highest BCUT2D eigenvalue weighted by Gasteiger charge is 2.54. The van der Waals surface area contributed by atoms with Crippen LogP contribution < -0.4 is 0 Å². The Morgan fingerprint density at radius 3 is 2.46 bits per heavy atom. The van der Waals surface area contributed by atoms with Gasteiger partial charge in [-0.2, -0.15) is 0 Å². The number of aliphatic hydroxyl groups is 2. The Balaban J connectivity index is 2.12. The number of fused-ring (bicyclic) bond motifs is 1. The second-order valence-corrected chi connectivity index (χ2v) is 3.81. The minimum atomic E-state index is -0.996. The van der Waals surface area contributed by atoms with Gasteiger partial charge in [0, 0.05) is 0 Å². The number of rotatable bonds is 1. The molecule has 4 atom stereocenters. The third-order valence-corrected chi connectivity index (χ3v) is 2.31. The van der Waals surface area contributed by atoms with Gasteiger partial charge in [-0.1, -0.05) is 0 Å². The van der Waals surface area contributed by atoms with E-state index in [1.54, 1.807) is 13.8 Å². The number of hydrogen-bond donors (Lipinski definition) is 2. The molecule has 0 aromatic rings. The summed E-state index contributed by atoms with van der Waals surface area (Å²) in [7, 11) is 0. The van der Waals surface area contributed by atoms with Crippen LogP contribution in [0.5, 0.6) is 0 Å². The Kier molecular flexibility index (Phi) is 2.08. The van der Waals surface area contributed by atoms with Crippen LogP contribution in [-0.4, -0.2) is 47.2 Å². The van der Waals surface area contributed by atoms with Gasteiger partial charge in [-0.25, -0.2) is 0 Å². The van der Waals surface area contributed by atoms with Crippen molar-refractivity contribution < 1.29 is 24.4 Å². The lowest BCUT2D eigenvalue weighted by atomic mass is 10.1. The van der Waals surface area contributed by atoms with Gasteiger partial charge < -0.3 is 24.4 Å². The van der Waals surface area contributed by atoms with E-state index in [0.29, 0.717) is 0 Å². The van der Waals surface area contributed by atoms with E-state index in [9.17, 15) is 5.11 Å². The van der Waals surface area contributed by atoms with Crippen molar-refractivity contribution in [1.82, 2.24) is 0 Å². The molecular weight excluding hydrogens is 176 g/mol. The lowest BCUT2D eigenvalue weighted by molar-refractivity contribution is -0.223. The Morgan fingerprint density at radius 2 is 1.85 bits per heavy atom.